The molecular formula is C15H19F3N2O3. The highest BCUT2D eigenvalue weighted by Gasteiger charge is 2.41. The quantitative estimate of drug-likeness (QED) is 0.921. The van der Waals surface area contributed by atoms with Gasteiger partial charge in [0, 0.05) is 19.2 Å². The van der Waals surface area contributed by atoms with Crippen molar-refractivity contribution in [2.75, 3.05) is 32.6 Å². The lowest BCUT2D eigenvalue weighted by Crippen LogP contribution is -2.44. The zero-order valence-corrected chi connectivity index (χ0v) is 12.9. The largest absolute Gasteiger partial charge is 0.497 e. The third-order valence-electron chi connectivity index (χ3n) is 3.90. The van der Waals surface area contributed by atoms with E-state index < -0.39 is 18.1 Å². The van der Waals surface area contributed by atoms with E-state index in [-0.39, 0.29) is 25.9 Å². The van der Waals surface area contributed by atoms with Gasteiger partial charge in [-0.05, 0) is 25.0 Å². The normalized spacial score (nSPS) is 16.1. The maximum atomic E-state index is 12.6. The summed E-state index contributed by atoms with van der Waals surface area (Å²) in [4.78, 5) is 13.6. The molecule has 2 amide bonds. The van der Waals surface area contributed by atoms with E-state index in [0.717, 1.165) is 0 Å². The standard InChI is InChI=1S/C15H19F3N2O3/c1-22-11-3-4-12(13(9-11)23-2)19-14(21)20-7-5-10(6-8-20)15(16,17)18/h3-4,9-10H,5-8H2,1-2H3,(H,19,21). The Hall–Kier alpha value is -2.12. The summed E-state index contributed by atoms with van der Waals surface area (Å²) in [5.41, 5.74) is 0.441. The summed E-state index contributed by atoms with van der Waals surface area (Å²) in [6, 6.07) is 4.46. The molecule has 8 heteroatoms. The molecule has 2 rings (SSSR count). The Labute approximate surface area is 132 Å². The van der Waals surface area contributed by atoms with E-state index in [4.69, 9.17) is 9.47 Å². The molecule has 0 saturated carbocycles. The predicted octanol–water partition coefficient (Wildman–Crippen LogP) is 3.51. The fourth-order valence-corrected chi connectivity index (χ4v) is 2.51. The topological polar surface area (TPSA) is 50.8 Å². The van der Waals surface area contributed by atoms with E-state index in [1.54, 1.807) is 18.2 Å². The van der Waals surface area contributed by atoms with Crippen molar-refractivity contribution in [3.05, 3.63) is 18.2 Å². The molecule has 1 aliphatic rings. The molecule has 1 fully saturated rings. The number of hydrogen-bond acceptors (Lipinski definition) is 3. The van der Waals surface area contributed by atoms with Crippen molar-refractivity contribution in [1.82, 2.24) is 4.90 Å². The molecule has 1 N–H and O–H groups in total. The molecule has 128 valence electrons. The van der Waals surface area contributed by atoms with Crippen molar-refractivity contribution in [3.8, 4) is 11.5 Å². The molecule has 0 aliphatic carbocycles. The van der Waals surface area contributed by atoms with Crippen molar-refractivity contribution in [2.45, 2.75) is 19.0 Å². The summed E-state index contributed by atoms with van der Waals surface area (Å²) in [5.74, 6) is -0.337. The number of halogens is 3. The van der Waals surface area contributed by atoms with Crippen LogP contribution in [-0.4, -0.2) is 44.4 Å². The van der Waals surface area contributed by atoms with Crippen LogP contribution in [0.15, 0.2) is 18.2 Å². The van der Waals surface area contributed by atoms with Crippen LogP contribution in [0.3, 0.4) is 0 Å². The SMILES string of the molecule is COc1ccc(NC(=O)N2CCC(C(F)(F)F)CC2)c(OC)c1. The molecule has 1 saturated heterocycles. The van der Waals surface area contributed by atoms with Crippen molar-refractivity contribution < 1.29 is 27.4 Å². The first-order valence-electron chi connectivity index (χ1n) is 7.20. The number of urea groups is 1. The number of anilines is 1. The van der Waals surface area contributed by atoms with Crippen molar-refractivity contribution in [2.24, 2.45) is 5.92 Å². The Kier molecular flexibility index (Phi) is 5.23. The second-order valence-corrected chi connectivity index (χ2v) is 5.30. The van der Waals surface area contributed by atoms with Crippen LogP contribution < -0.4 is 14.8 Å². The van der Waals surface area contributed by atoms with Crippen LogP contribution in [0.4, 0.5) is 23.7 Å². The third kappa shape index (κ3) is 4.20. The first-order chi connectivity index (χ1) is 10.8. The average Bonchev–Trinajstić information content (AvgIpc) is 2.54. The van der Waals surface area contributed by atoms with Crippen LogP contribution in [0.5, 0.6) is 11.5 Å². The van der Waals surface area contributed by atoms with Crippen molar-refractivity contribution in [1.29, 1.82) is 0 Å². The van der Waals surface area contributed by atoms with Gasteiger partial charge in [-0.2, -0.15) is 13.2 Å². The minimum Gasteiger partial charge on any atom is -0.497 e. The number of likely N-dealkylation sites (tertiary alicyclic amines) is 1. The van der Waals surface area contributed by atoms with Gasteiger partial charge in [0.25, 0.3) is 0 Å². The van der Waals surface area contributed by atoms with Gasteiger partial charge >= 0.3 is 12.2 Å². The van der Waals surface area contributed by atoms with Gasteiger partial charge in [0.15, 0.2) is 0 Å². The van der Waals surface area contributed by atoms with E-state index in [1.165, 1.54) is 19.1 Å². The maximum Gasteiger partial charge on any atom is 0.391 e. The number of ether oxygens (including phenoxy) is 2. The molecule has 1 aliphatic heterocycles. The summed E-state index contributed by atoms with van der Waals surface area (Å²) in [6.45, 7) is 0.156. The Morgan fingerprint density at radius 1 is 1.22 bits per heavy atom. The second-order valence-electron chi connectivity index (χ2n) is 5.30. The van der Waals surface area contributed by atoms with E-state index in [2.05, 4.69) is 5.32 Å². The van der Waals surface area contributed by atoms with E-state index >= 15 is 0 Å². The first-order valence-corrected chi connectivity index (χ1v) is 7.20. The third-order valence-corrected chi connectivity index (χ3v) is 3.90. The monoisotopic (exact) mass is 332 g/mol. The lowest BCUT2D eigenvalue weighted by atomic mass is 9.96. The fourth-order valence-electron chi connectivity index (χ4n) is 2.51. The number of amides is 2. The van der Waals surface area contributed by atoms with Crippen molar-refractivity contribution >= 4 is 11.7 Å². The Bertz CT molecular complexity index is 555. The number of piperidine rings is 1. The second kappa shape index (κ2) is 6.97. The van der Waals surface area contributed by atoms with Gasteiger partial charge in [0.1, 0.15) is 11.5 Å². The van der Waals surface area contributed by atoms with Crippen LogP contribution in [0.25, 0.3) is 0 Å². The molecule has 23 heavy (non-hydrogen) atoms. The van der Waals surface area contributed by atoms with Crippen LogP contribution >= 0.6 is 0 Å². The van der Waals surface area contributed by atoms with Crippen LogP contribution in [0.1, 0.15) is 12.8 Å². The highest BCUT2D eigenvalue weighted by Crippen LogP contribution is 2.34. The van der Waals surface area contributed by atoms with Crippen molar-refractivity contribution in [3.63, 3.8) is 0 Å². The molecule has 0 bridgehead atoms. The lowest BCUT2D eigenvalue weighted by Gasteiger charge is -2.33. The number of rotatable bonds is 3. The highest BCUT2D eigenvalue weighted by atomic mass is 19.4. The van der Waals surface area contributed by atoms with Crippen LogP contribution in [-0.2, 0) is 0 Å². The van der Waals surface area contributed by atoms with Gasteiger partial charge in [-0.25, -0.2) is 4.79 Å². The smallest absolute Gasteiger partial charge is 0.391 e. The zero-order valence-electron chi connectivity index (χ0n) is 12.9. The van der Waals surface area contributed by atoms with Gasteiger partial charge in [0.05, 0.1) is 25.8 Å². The summed E-state index contributed by atoms with van der Waals surface area (Å²) in [5, 5.41) is 2.66. The molecular weight excluding hydrogens is 313 g/mol. The molecule has 0 aromatic heterocycles. The van der Waals surface area contributed by atoms with Gasteiger partial charge in [-0.15, -0.1) is 0 Å². The molecule has 1 aromatic carbocycles. The minimum absolute atomic E-state index is 0.0728. The Balaban J connectivity index is 1.98. The minimum atomic E-state index is -4.19. The molecule has 0 spiro atoms. The molecule has 0 radical (unpaired) electrons. The maximum absolute atomic E-state index is 12.6. The molecule has 1 heterocycles. The summed E-state index contributed by atoms with van der Waals surface area (Å²) in [7, 11) is 2.97. The lowest BCUT2D eigenvalue weighted by molar-refractivity contribution is -0.183. The average molecular weight is 332 g/mol. The van der Waals surface area contributed by atoms with Gasteiger partial charge in [0.2, 0.25) is 0 Å². The molecule has 0 atom stereocenters. The molecule has 1 aromatic rings. The summed E-state index contributed by atoms with van der Waals surface area (Å²) < 4.78 is 48.2. The Morgan fingerprint density at radius 2 is 1.87 bits per heavy atom. The van der Waals surface area contributed by atoms with E-state index in [9.17, 15) is 18.0 Å². The van der Waals surface area contributed by atoms with Crippen LogP contribution in [0, 0.1) is 5.92 Å². The Morgan fingerprint density at radius 3 is 2.39 bits per heavy atom. The van der Waals surface area contributed by atoms with E-state index in [1.807, 2.05) is 0 Å². The summed E-state index contributed by atoms with van der Waals surface area (Å²) in [6.07, 6.45) is -4.34. The number of alkyl halides is 3. The number of nitrogens with zero attached hydrogens (tertiary/aromatic N) is 1. The van der Waals surface area contributed by atoms with Gasteiger partial charge in [-0.1, -0.05) is 0 Å². The number of carbonyl (C=O) groups excluding carboxylic acids is 1. The zero-order chi connectivity index (χ0) is 17.0. The number of carbonyl (C=O) groups is 1. The number of nitrogens with one attached hydrogen (secondary N) is 1. The first kappa shape index (κ1) is 17.2. The number of benzene rings is 1. The fraction of sp³-hybridized carbons (Fsp3) is 0.533. The van der Waals surface area contributed by atoms with Gasteiger partial charge < -0.3 is 19.7 Å². The summed E-state index contributed by atoms with van der Waals surface area (Å²) >= 11 is 0. The molecule has 5 nitrogen and oxygen atoms in total. The van der Waals surface area contributed by atoms with Crippen LogP contribution in [0.2, 0.25) is 0 Å². The molecule has 0 unspecified atom stereocenters. The van der Waals surface area contributed by atoms with E-state index in [0.29, 0.717) is 17.2 Å². The number of hydrogen-bond donors (Lipinski definition) is 1. The highest BCUT2D eigenvalue weighted by molar-refractivity contribution is 5.91. The number of methoxy groups -OCH3 is 2. The van der Waals surface area contributed by atoms with Gasteiger partial charge in [-0.3, -0.25) is 0 Å². The predicted molar refractivity (Wildman–Crippen MR) is 78.9 cm³/mol.